The summed E-state index contributed by atoms with van der Waals surface area (Å²) in [7, 11) is -3.59. The molecule has 0 spiro atoms. The molecular formula is C22H29ClN2O3S2. The minimum absolute atomic E-state index is 0.226. The summed E-state index contributed by atoms with van der Waals surface area (Å²) in [4.78, 5) is 12.4. The van der Waals surface area contributed by atoms with Gasteiger partial charge < -0.3 is 5.32 Å². The Morgan fingerprint density at radius 2 is 1.77 bits per heavy atom. The Hall–Kier alpha value is -1.70. The minimum Gasteiger partial charge on any atom is -0.354 e. The number of halogens is 1. The van der Waals surface area contributed by atoms with E-state index in [1.54, 1.807) is 11.8 Å². The number of nitrogens with one attached hydrogen (secondary N) is 1. The molecule has 0 atom stereocenters. The molecule has 2 rings (SSSR count). The summed E-state index contributed by atoms with van der Waals surface area (Å²) >= 11 is 7.90. The molecule has 0 aromatic heterocycles. The fourth-order valence-electron chi connectivity index (χ4n) is 3.31. The Kier molecular flexibility index (Phi) is 9.07. The molecule has 1 N–H and O–H groups in total. The van der Waals surface area contributed by atoms with Crippen molar-refractivity contribution in [2.45, 2.75) is 32.9 Å². The monoisotopic (exact) mass is 468 g/mol. The minimum atomic E-state index is -3.59. The molecule has 2 aromatic rings. The smallest absolute Gasteiger partial charge is 0.240 e. The lowest BCUT2D eigenvalue weighted by Crippen LogP contribution is -2.41. The van der Waals surface area contributed by atoms with Gasteiger partial charge in [0.25, 0.3) is 0 Å². The number of thioether (sulfide) groups is 1. The SMILES string of the molecule is Cc1cc(C)c(N(CC(=O)NCCCSCc2ccccc2Cl)S(C)(=O)=O)c(C)c1. The second-order valence-electron chi connectivity index (χ2n) is 7.36. The average Bonchev–Trinajstić information content (AvgIpc) is 2.63. The van der Waals surface area contributed by atoms with Crippen LogP contribution in [0.25, 0.3) is 0 Å². The molecule has 1 amide bonds. The van der Waals surface area contributed by atoms with Crippen LogP contribution in [0, 0.1) is 20.8 Å². The Balaban J connectivity index is 1.86. The van der Waals surface area contributed by atoms with Gasteiger partial charge in [0.1, 0.15) is 6.54 Å². The number of amides is 1. The Morgan fingerprint density at radius 1 is 1.13 bits per heavy atom. The van der Waals surface area contributed by atoms with Crippen LogP contribution in [0.15, 0.2) is 36.4 Å². The molecule has 0 heterocycles. The van der Waals surface area contributed by atoms with Gasteiger partial charge in [0.15, 0.2) is 0 Å². The lowest BCUT2D eigenvalue weighted by Gasteiger charge is -2.26. The van der Waals surface area contributed by atoms with Crippen molar-refractivity contribution < 1.29 is 13.2 Å². The molecule has 30 heavy (non-hydrogen) atoms. The van der Waals surface area contributed by atoms with E-state index in [4.69, 9.17) is 11.6 Å². The topological polar surface area (TPSA) is 66.5 Å². The van der Waals surface area contributed by atoms with Crippen molar-refractivity contribution in [2.24, 2.45) is 0 Å². The number of hydrogen-bond donors (Lipinski definition) is 1. The average molecular weight is 469 g/mol. The van der Waals surface area contributed by atoms with Crippen LogP contribution in [0.5, 0.6) is 0 Å². The summed E-state index contributed by atoms with van der Waals surface area (Å²) in [5, 5.41) is 3.60. The molecule has 0 aliphatic rings. The van der Waals surface area contributed by atoms with Crippen LogP contribution in [0.2, 0.25) is 5.02 Å². The summed E-state index contributed by atoms with van der Waals surface area (Å²) in [5.74, 6) is 1.38. The van der Waals surface area contributed by atoms with Gasteiger partial charge in [0.05, 0.1) is 11.9 Å². The number of anilines is 1. The molecule has 2 aromatic carbocycles. The highest BCUT2D eigenvalue weighted by Crippen LogP contribution is 2.28. The highest BCUT2D eigenvalue weighted by molar-refractivity contribution is 7.98. The van der Waals surface area contributed by atoms with Gasteiger partial charge in [0, 0.05) is 17.3 Å². The summed E-state index contributed by atoms with van der Waals surface area (Å²) in [6.45, 7) is 5.96. The molecule has 0 aliphatic heterocycles. The summed E-state index contributed by atoms with van der Waals surface area (Å²) in [6, 6.07) is 11.6. The van der Waals surface area contributed by atoms with Crippen LogP contribution in [-0.2, 0) is 20.6 Å². The number of nitrogens with zero attached hydrogens (tertiary/aromatic N) is 1. The number of carbonyl (C=O) groups is 1. The molecule has 0 aliphatic carbocycles. The van der Waals surface area contributed by atoms with Gasteiger partial charge in [-0.3, -0.25) is 9.10 Å². The van der Waals surface area contributed by atoms with Gasteiger partial charge in [0.2, 0.25) is 15.9 Å². The zero-order valence-electron chi connectivity index (χ0n) is 17.9. The zero-order chi connectivity index (χ0) is 22.3. The van der Waals surface area contributed by atoms with E-state index in [2.05, 4.69) is 5.32 Å². The summed E-state index contributed by atoms with van der Waals surface area (Å²) in [6.07, 6.45) is 1.92. The summed E-state index contributed by atoms with van der Waals surface area (Å²) < 4.78 is 25.9. The molecule has 8 heteroatoms. The first-order chi connectivity index (χ1) is 14.1. The van der Waals surface area contributed by atoms with Crippen LogP contribution in [0.3, 0.4) is 0 Å². The van der Waals surface area contributed by atoms with Gasteiger partial charge in [-0.15, -0.1) is 0 Å². The van der Waals surface area contributed by atoms with E-state index < -0.39 is 10.0 Å². The van der Waals surface area contributed by atoms with Gasteiger partial charge in [-0.2, -0.15) is 11.8 Å². The maximum atomic E-state index is 12.4. The number of carbonyl (C=O) groups excluding carboxylic acids is 1. The largest absolute Gasteiger partial charge is 0.354 e. The third-order valence-corrected chi connectivity index (χ3v) is 7.15. The molecule has 5 nitrogen and oxygen atoms in total. The molecule has 164 valence electrons. The van der Waals surface area contributed by atoms with E-state index in [0.29, 0.717) is 12.2 Å². The Morgan fingerprint density at radius 3 is 2.37 bits per heavy atom. The van der Waals surface area contributed by atoms with E-state index >= 15 is 0 Å². The molecule has 0 bridgehead atoms. The molecule has 0 saturated carbocycles. The van der Waals surface area contributed by atoms with E-state index in [1.165, 1.54) is 4.31 Å². The van der Waals surface area contributed by atoms with Crippen molar-refractivity contribution in [1.82, 2.24) is 5.32 Å². The standard InChI is InChI=1S/C22H29ClN2O3S2/c1-16-12-17(2)22(18(3)13-16)25(30(4,27)28)14-21(26)24-10-7-11-29-15-19-8-5-6-9-20(19)23/h5-6,8-9,12-13H,7,10-11,14-15H2,1-4H3,(H,24,26). The van der Waals surface area contributed by atoms with Gasteiger partial charge in [-0.05, 0) is 55.7 Å². The predicted molar refractivity (Wildman–Crippen MR) is 128 cm³/mol. The lowest BCUT2D eigenvalue weighted by atomic mass is 10.1. The molecule has 0 unspecified atom stereocenters. The number of aryl methyl sites for hydroxylation is 3. The molecular weight excluding hydrogens is 440 g/mol. The zero-order valence-corrected chi connectivity index (χ0v) is 20.3. The fourth-order valence-corrected chi connectivity index (χ4v) is 5.53. The van der Waals surface area contributed by atoms with Gasteiger partial charge in [-0.25, -0.2) is 8.42 Å². The maximum Gasteiger partial charge on any atom is 0.240 e. The maximum absolute atomic E-state index is 12.4. The van der Waals surface area contributed by atoms with Crippen molar-refractivity contribution >= 4 is 45.0 Å². The number of sulfonamides is 1. The van der Waals surface area contributed by atoms with Crippen molar-refractivity contribution in [3.63, 3.8) is 0 Å². The number of rotatable bonds is 10. The number of hydrogen-bond acceptors (Lipinski definition) is 4. The summed E-state index contributed by atoms with van der Waals surface area (Å²) in [5.41, 5.74) is 4.40. The third-order valence-electron chi connectivity index (χ3n) is 4.58. The molecule has 0 saturated heterocycles. The first-order valence-electron chi connectivity index (χ1n) is 9.73. The Bertz CT molecular complexity index is 971. The third kappa shape index (κ3) is 7.22. The van der Waals surface area contributed by atoms with Crippen LogP contribution < -0.4 is 9.62 Å². The van der Waals surface area contributed by atoms with Gasteiger partial charge in [-0.1, -0.05) is 47.5 Å². The van der Waals surface area contributed by atoms with Crippen LogP contribution >= 0.6 is 23.4 Å². The van der Waals surface area contributed by atoms with Crippen molar-refractivity contribution in [3.05, 3.63) is 63.7 Å². The number of benzene rings is 2. The van der Waals surface area contributed by atoms with Crippen molar-refractivity contribution in [2.75, 3.05) is 29.4 Å². The highest BCUT2D eigenvalue weighted by Gasteiger charge is 2.24. The van der Waals surface area contributed by atoms with Crippen LogP contribution in [-0.4, -0.2) is 39.4 Å². The van der Waals surface area contributed by atoms with Crippen molar-refractivity contribution in [1.29, 1.82) is 0 Å². The first kappa shape index (κ1) is 24.6. The fraction of sp³-hybridized carbons (Fsp3) is 0.409. The van der Waals surface area contributed by atoms with E-state index in [1.807, 2.05) is 57.2 Å². The van der Waals surface area contributed by atoms with E-state index in [9.17, 15) is 13.2 Å². The normalized spacial score (nSPS) is 11.4. The second kappa shape index (κ2) is 11.1. The van der Waals surface area contributed by atoms with E-state index in [-0.39, 0.29) is 12.5 Å². The highest BCUT2D eigenvalue weighted by atomic mass is 35.5. The second-order valence-corrected chi connectivity index (χ2v) is 10.8. The van der Waals surface area contributed by atoms with Crippen molar-refractivity contribution in [3.8, 4) is 0 Å². The predicted octanol–water partition coefficient (Wildman–Crippen LogP) is 4.47. The first-order valence-corrected chi connectivity index (χ1v) is 13.1. The van der Waals surface area contributed by atoms with Crippen LogP contribution in [0.1, 0.15) is 28.7 Å². The Labute approximate surface area is 189 Å². The van der Waals surface area contributed by atoms with E-state index in [0.717, 1.165) is 51.5 Å². The lowest BCUT2D eigenvalue weighted by molar-refractivity contribution is -0.119. The quantitative estimate of drug-likeness (QED) is 0.522. The molecule has 0 radical (unpaired) electrons. The van der Waals surface area contributed by atoms with Crippen LogP contribution in [0.4, 0.5) is 5.69 Å². The molecule has 0 fully saturated rings. The van der Waals surface area contributed by atoms with Gasteiger partial charge >= 0.3 is 0 Å².